The lowest BCUT2D eigenvalue weighted by molar-refractivity contribution is 0.0448. The smallest absolute Gasteiger partial charge is 0.255 e. The maximum absolute atomic E-state index is 14.4. The summed E-state index contributed by atoms with van der Waals surface area (Å²) in [6.07, 6.45) is 11.9. The molecule has 0 saturated heterocycles. The SMILES string of the molecule is O=C(c1c(CO)ccc2ccc3ccccc3c12)N(C1CCCCC1)C1CCCCC1. The van der Waals surface area contributed by atoms with Crippen molar-refractivity contribution in [1.29, 1.82) is 0 Å². The second kappa shape index (κ2) is 9.00. The zero-order chi connectivity index (χ0) is 21.2. The van der Waals surface area contributed by atoms with Crippen LogP contribution in [0, 0.1) is 0 Å². The van der Waals surface area contributed by atoms with E-state index in [4.69, 9.17) is 0 Å². The van der Waals surface area contributed by atoms with Gasteiger partial charge in [0.15, 0.2) is 0 Å². The van der Waals surface area contributed by atoms with Gasteiger partial charge in [0, 0.05) is 17.5 Å². The molecule has 1 amide bonds. The van der Waals surface area contributed by atoms with Crippen LogP contribution in [0.5, 0.6) is 0 Å². The molecule has 0 bridgehead atoms. The lowest BCUT2D eigenvalue weighted by Gasteiger charge is -2.42. The molecule has 0 aliphatic heterocycles. The summed E-state index contributed by atoms with van der Waals surface area (Å²) in [7, 11) is 0. The van der Waals surface area contributed by atoms with Crippen LogP contribution in [0.2, 0.25) is 0 Å². The van der Waals surface area contributed by atoms with Gasteiger partial charge >= 0.3 is 0 Å². The average molecular weight is 416 g/mol. The van der Waals surface area contributed by atoms with Crippen LogP contribution in [-0.4, -0.2) is 28.0 Å². The molecule has 3 aromatic rings. The summed E-state index contributed by atoms with van der Waals surface area (Å²) in [4.78, 5) is 16.7. The van der Waals surface area contributed by atoms with Gasteiger partial charge < -0.3 is 10.0 Å². The van der Waals surface area contributed by atoms with E-state index in [1.807, 2.05) is 18.2 Å². The van der Waals surface area contributed by atoms with E-state index in [0.29, 0.717) is 12.1 Å². The highest BCUT2D eigenvalue weighted by Crippen LogP contribution is 2.36. The molecule has 1 N–H and O–H groups in total. The van der Waals surface area contributed by atoms with Crippen LogP contribution in [0.15, 0.2) is 48.5 Å². The molecule has 3 heteroatoms. The second-order valence-corrected chi connectivity index (χ2v) is 9.44. The maximum atomic E-state index is 14.4. The van der Waals surface area contributed by atoms with Crippen LogP contribution in [0.3, 0.4) is 0 Å². The molecule has 2 aliphatic rings. The first kappa shape index (κ1) is 20.5. The van der Waals surface area contributed by atoms with Gasteiger partial charge in [-0.2, -0.15) is 0 Å². The molecule has 0 aromatic heterocycles. The molecule has 0 spiro atoms. The molecular weight excluding hydrogens is 382 g/mol. The number of carbonyl (C=O) groups is 1. The van der Waals surface area contributed by atoms with E-state index in [1.165, 1.54) is 38.5 Å². The molecule has 0 atom stereocenters. The van der Waals surface area contributed by atoms with Crippen molar-refractivity contribution in [2.75, 3.05) is 0 Å². The largest absolute Gasteiger partial charge is 0.392 e. The second-order valence-electron chi connectivity index (χ2n) is 9.44. The van der Waals surface area contributed by atoms with Gasteiger partial charge in [0.2, 0.25) is 0 Å². The minimum absolute atomic E-state index is 0.108. The fourth-order valence-corrected chi connectivity index (χ4v) is 5.99. The van der Waals surface area contributed by atoms with E-state index < -0.39 is 0 Å². The first-order chi connectivity index (χ1) is 15.3. The van der Waals surface area contributed by atoms with Crippen molar-refractivity contribution >= 4 is 27.5 Å². The number of benzene rings is 3. The van der Waals surface area contributed by atoms with Crippen molar-refractivity contribution in [3.63, 3.8) is 0 Å². The Hall–Kier alpha value is -2.39. The Kier molecular flexibility index (Phi) is 5.95. The number of hydrogen-bond acceptors (Lipinski definition) is 2. The van der Waals surface area contributed by atoms with E-state index in [2.05, 4.69) is 35.2 Å². The highest BCUT2D eigenvalue weighted by molar-refractivity contribution is 6.18. The lowest BCUT2D eigenvalue weighted by Crippen LogP contribution is -2.49. The molecule has 2 saturated carbocycles. The van der Waals surface area contributed by atoms with Crippen molar-refractivity contribution in [3.05, 3.63) is 59.7 Å². The van der Waals surface area contributed by atoms with E-state index in [9.17, 15) is 9.90 Å². The predicted molar refractivity (Wildman–Crippen MR) is 127 cm³/mol. The van der Waals surface area contributed by atoms with Gasteiger partial charge in [0.25, 0.3) is 5.91 Å². The minimum Gasteiger partial charge on any atom is -0.392 e. The fourth-order valence-electron chi connectivity index (χ4n) is 5.99. The van der Waals surface area contributed by atoms with Gasteiger partial charge in [-0.15, -0.1) is 0 Å². The normalized spacial score (nSPS) is 18.5. The Morgan fingerprint density at radius 3 is 2.00 bits per heavy atom. The molecule has 0 radical (unpaired) electrons. The standard InChI is InChI=1S/C28H33NO2/c30-19-22-18-17-21-16-15-20-9-7-8-14-25(20)26(21)27(22)28(31)29(23-10-3-1-4-11-23)24-12-5-2-6-13-24/h7-9,14-18,23-24,30H,1-6,10-13,19H2. The maximum Gasteiger partial charge on any atom is 0.255 e. The van der Waals surface area contributed by atoms with Crippen LogP contribution in [0.4, 0.5) is 0 Å². The van der Waals surface area contributed by atoms with E-state index >= 15 is 0 Å². The number of carbonyl (C=O) groups excluding carboxylic acids is 1. The van der Waals surface area contributed by atoms with E-state index in [-0.39, 0.29) is 12.5 Å². The first-order valence-corrected chi connectivity index (χ1v) is 12.1. The third-order valence-electron chi connectivity index (χ3n) is 7.55. The van der Waals surface area contributed by atoms with Crippen LogP contribution < -0.4 is 0 Å². The van der Waals surface area contributed by atoms with Crippen molar-refractivity contribution in [2.45, 2.75) is 82.9 Å². The van der Waals surface area contributed by atoms with Crippen LogP contribution in [-0.2, 0) is 6.61 Å². The molecule has 162 valence electrons. The summed E-state index contributed by atoms with van der Waals surface area (Å²) in [5.74, 6) is 0.143. The Morgan fingerprint density at radius 1 is 0.774 bits per heavy atom. The highest BCUT2D eigenvalue weighted by Gasteiger charge is 2.34. The molecule has 31 heavy (non-hydrogen) atoms. The molecule has 0 unspecified atom stereocenters. The molecule has 0 heterocycles. The molecule has 5 rings (SSSR count). The molecule has 2 aliphatic carbocycles. The topological polar surface area (TPSA) is 40.5 Å². The summed E-state index contributed by atoms with van der Waals surface area (Å²) in [5.41, 5.74) is 1.48. The van der Waals surface area contributed by atoms with E-state index in [0.717, 1.165) is 58.4 Å². The van der Waals surface area contributed by atoms with Crippen LogP contribution in [0.25, 0.3) is 21.5 Å². The number of fused-ring (bicyclic) bond motifs is 3. The van der Waals surface area contributed by atoms with Crippen molar-refractivity contribution in [2.24, 2.45) is 0 Å². The van der Waals surface area contributed by atoms with Gasteiger partial charge in [-0.05, 0) is 47.4 Å². The van der Waals surface area contributed by atoms with Crippen LogP contribution in [0.1, 0.15) is 80.1 Å². The zero-order valence-electron chi connectivity index (χ0n) is 18.4. The van der Waals surface area contributed by atoms with Gasteiger partial charge in [-0.3, -0.25) is 4.79 Å². The fraction of sp³-hybridized carbons (Fsp3) is 0.464. The highest BCUT2D eigenvalue weighted by atomic mass is 16.3. The summed E-state index contributed by atoms with van der Waals surface area (Å²) >= 11 is 0. The van der Waals surface area contributed by atoms with Crippen molar-refractivity contribution < 1.29 is 9.90 Å². The van der Waals surface area contributed by atoms with E-state index in [1.54, 1.807) is 0 Å². The average Bonchev–Trinajstić information content (AvgIpc) is 2.84. The number of hydrogen-bond donors (Lipinski definition) is 1. The Labute approximate surface area is 185 Å². The van der Waals surface area contributed by atoms with Gasteiger partial charge in [0.1, 0.15) is 0 Å². The summed E-state index contributed by atoms with van der Waals surface area (Å²) < 4.78 is 0. The number of rotatable bonds is 4. The number of aliphatic hydroxyl groups is 1. The van der Waals surface area contributed by atoms with Gasteiger partial charge in [-0.1, -0.05) is 87.1 Å². The molecule has 3 nitrogen and oxygen atoms in total. The number of aliphatic hydroxyl groups excluding tert-OH is 1. The Morgan fingerprint density at radius 2 is 1.35 bits per heavy atom. The Bertz CT molecular complexity index is 1060. The van der Waals surface area contributed by atoms with Gasteiger partial charge in [-0.25, -0.2) is 0 Å². The third kappa shape index (κ3) is 3.85. The van der Waals surface area contributed by atoms with Crippen LogP contribution >= 0.6 is 0 Å². The third-order valence-corrected chi connectivity index (χ3v) is 7.55. The monoisotopic (exact) mass is 415 g/mol. The quantitative estimate of drug-likeness (QED) is 0.488. The predicted octanol–water partition coefficient (Wildman–Crippen LogP) is 6.59. The number of nitrogens with zero attached hydrogens (tertiary/aromatic N) is 1. The first-order valence-electron chi connectivity index (χ1n) is 12.1. The van der Waals surface area contributed by atoms with Gasteiger partial charge in [0.05, 0.1) is 12.2 Å². The minimum atomic E-state index is -0.108. The molecular formula is C28H33NO2. The molecule has 3 aromatic carbocycles. The lowest BCUT2D eigenvalue weighted by atomic mass is 9.86. The molecule has 2 fully saturated rings. The summed E-state index contributed by atoms with van der Waals surface area (Å²) in [6, 6.07) is 17.2. The summed E-state index contributed by atoms with van der Waals surface area (Å²) in [6.45, 7) is -0.108. The van der Waals surface area contributed by atoms with Crippen molar-refractivity contribution in [3.8, 4) is 0 Å². The Balaban J connectivity index is 1.69. The van der Waals surface area contributed by atoms with Crippen molar-refractivity contribution in [1.82, 2.24) is 4.90 Å². The summed E-state index contributed by atoms with van der Waals surface area (Å²) in [5, 5.41) is 14.6. The zero-order valence-corrected chi connectivity index (χ0v) is 18.4. The number of amides is 1.